The number of piperidine rings is 1. The largest absolute Gasteiger partial charge is 0.342 e. The van der Waals surface area contributed by atoms with Crippen LogP contribution < -0.4 is 0 Å². The monoisotopic (exact) mass is 193 g/mol. The molecule has 0 aromatic carbocycles. The molecule has 1 amide bonds. The molecule has 2 rings (SSSR count). The third-order valence-electron chi connectivity index (χ3n) is 3.18. The summed E-state index contributed by atoms with van der Waals surface area (Å²) in [6.07, 6.45) is 6.65. The fourth-order valence-electron chi connectivity index (χ4n) is 2.17. The second-order valence-corrected chi connectivity index (χ2v) is 4.34. The highest BCUT2D eigenvalue weighted by Crippen LogP contribution is 2.36. The standard InChI is InChI=1S/C12H19NO/c1-2-3-12(14)13-8-6-11(7-9-13)10-4-5-10/h2-9H2,1H3. The van der Waals surface area contributed by atoms with Crippen molar-refractivity contribution in [2.75, 3.05) is 13.1 Å². The van der Waals surface area contributed by atoms with Gasteiger partial charge in [0, 0.05) is 19.5 Å². The van der Waals surface area contributed by atoms with Crippen molar-refractivity contribution in [1.82, 2.24) is 4.90 Å². The van der Waals surface area contributed by atoms with Crippen LogP contribution in [0.3, 0.4) is 0 Å². The minimum Gasteiger partial charge on any atom is -0.342 e. The van der Waals surface area contributed by atoms with Crippen molar-refractivity contribution < 1.29 is 4.79 Å². The van der Waals surface area contributed by atoms with Crippen molar-refractivity contribution in [3.8, 4) is 0 Å². The summed E-state index contributed by atoms with van der Waals surface area (Å²) in [6.45, 7) is 4.01. The Labute approximate surface area is 86.0 Å². The van der Waals surface area contributed by atoms with Crippen LogP contribution in [0.15, 0.2) is 11.1 Å². The Morgan fingerprint density at radius 2 is 1.71 bits per heavy atom. The van der Waals surface area contributed by atoms with E-state index in [0.717, 1.165) is 38.8 Å². The van der Waals surface area contributed by atoms with E-state index in [1.807, 2.05) is 4.90 Å². The van der Waals surface area contributed by atoms with Gasteiger partial charge in [-0.1, -0.05) is 18.1 Å². The number of hydrogen-bond acceptors (Lipinski definition) is 1. The van der Waals surface area contributed by atoms with Gasteiger partial charge in [0.05, 0.1) is 0 Å². The second-order valence-electron chi connectivity index (χ2n) is 4.34. The quantitative estimate of drug-likeness (QED) is 0.617. The maximum absolute atomic E-state index is 11.6. The molecule has 0 unspecified atom stereocenters. The van der Waals surface area contributed by atoms with Gasteiger partial charge in [-0.2, -0.15) is 0 Å². The van der Waals surface area contributed by atoms with E-state index < -0.39 is 0 Å². The molecule has 0 aromatic rings. The number of carbonyl (C=O) groups is 1. The molecular formula is C12H19NO. The molecule has 0 aromatic heterocycles. The van der Waals surface area contributed by atoms with Crippen molar-refractivity contribution in [1.29, 1.82) is 0 Å². The Bertz CT molecular complexity index is 251. The molecule has 14 heavy (non-hydrogen) atoms. The fourth-order valence-corrected chi connectivity index (χ4v) is 2.17. The molecule has 0 radical (unpaired) electrons. The molecule has 2 heteroatoms. The third kappa shape index (κ3) is 2.17. The molecule has 0 spiro atoms. The van der Waals surface area contributed by atoms with E-state index >= 15 is 0 Å². The predicted molar refractivity (Wildman–Crippen MR) is 57.0 cm³/mol. The highest BCUT2D eigenvalue weighted by atomic mass is 16.2. The summed E-state index contributed by atoms with van der Waals surface area (Å²) in [5, 5.41) is 0. The first-order valence-electron chi connectivity index (χ1n) is 5.79. The zero-order valence-electron chi connectivity index (χ0n) is 9.01. The minimum absolute atomic E-state index is 0.354. The SMILES string of the molecule is CCCC(=O)N1CCC(=C2CC2)CC1. The molecule has 0 N–H and O–H groups in total. The topological polar surface area (TPSA) is 20.3 Å². The van der Waals surface area contributed by atoms with Crippen LogP contribution in [-0.2, 0) is 4.79 Å². The van der Waals surface area contributed by atoms with Crippen molar-refractivity contribution in [2.24, 2.45) is 0 Å². The van der Waals surface area contributed by atoms with E-state index in [9.17, 15) is 4.79 Å². The molecule has 0 bridgehead atoms. The van der Waals surface area contributed by atoms with Gasteiger partial charge in [0.15, 0.2) is 0 Å². The van der Waals surface area contributed by atoms with E-state index in [1.54, 1.807) is 11.1 Å². The molecule has 1 aliphatic heterocycles. The van der Waals surface area contributed by atoms with Crippen LogP contribution in [0.2, 0.25) is 0 Å². The normalized spacial score (nSPS) is 21.4. The number of rotatable bonds is 2. The first-order valence-corrected chi connectivity index (χ1v) is 5.79. The summed E-state index contributed by atoms with van der Waals surface area (Å²) in [6, 6.07) is 0. The summed E-state index contributed by atoms with van der Waals surface area (Å²) >= 11 is 0. The predicted octanol–water partition coefficient (Wildman–Crippen LogP) is 2.50. The lowest BCUT2D eigenvalue weighted by Crippen LogP contribution is -2.36. The lowest BCUT2D eigenvalue weighted by Gasteiger charge is -2.28. The van der Waals surface area contributed by atoms with Crippen molar-refractivity contribution in [3.63, 3.8) is 0 Å². The number of likely N-dealkylation sites (tertiary alicyclic amines) is 1. The van der Waals surface area contributed by atoms with Gasteiger partial charge in [0.1, 0.15) is 0 Å². The van der Waals surface area contributed by atoms with Crippen LogP contribution in [0.4, 0.5) is 0 Å². The van der Waals surface area contributed by atoms with Crippen LogP contribution in [0.1, 0.15) is 45.4 Å². The maximum Gasteiger partial charge on any atom is 0.222 e. The van der Waals surface area contributed by atoms with Crippen molar-refractivity contribution in [3.05, 3.63) is 11.1 Å². The number of amides is 1. The molecule has 2 fully saturated rings. The Balaban J connectivity index is 1.83. The Morgan fingerprint density at radius 3 is 2.21 bits per heavy atom. The first kappa shape index (κ1) is 9.75. The second kappa shape index (κ2) is 4.16. The Hall–Kier alpha value is -0.790. The minimum atomic E-state index is 0.354. The molecule has 2 nitrogen and oxygen atoms in total. The molecule has 78 valence electrons. The van der Waals surface area contributed by atoms with Crippen LogP contribution in [0.25, 0.3) is 0 Å². The number of carbonyl (C=O) groups excluding carboxylic acids is 1. The van der Waals surface area contributed by atoms with Gasteiger partial charge in [0.2, 0.25) is 5.91 Å². The molecule has 1 saturated carbocycles. The van der Waals surface area contributed by atoms with Gasteiger partial charge >= 0.3 is 0 Å². The Morgan fingerprint density at radius 1 is 1.14 bits per heavy atom. The third-order valence-corrected chi connectivity index (χ3v) is 3.18. The average Bonchev–Trinajstić information content (AvgIpc) is 3.02. The molecule has 1 aliphatic carbocycles. The van der Waals surface area contributed by atoms with Gasteiger partial charge in [-0.25, -0.2) is 0 Å². The number of hydrogen-bond donors (Lipinski definition) is 0. The zero-order valence-corrected chi connectivity index (χ0v) is 9.01. The van der Waals surface area contributed by atoms with Gasteiger partial charge in [-0.3, -0.25) is 4.79 Å². The van der Waals surface area contributed by atoms with E-state index in [4.69, 9.17) is 0 Å². The van der Waals surface area contributed by atoms with E-state index in [2.05, 4.69) is 6.92 Å². The highest BCUT2D eigenvalue weighted by Gasteiger charge is 2.23. The van der Waals surface area contributed by atoms with E-state index in [-0.39, 0.29) is 0 Å². The van der Waals surface area contributed by atoms with Crippen LogP contribution in [-0.4, -0.2) is 23.9 Å². The van der Waals surface area contributed by atoms with E-state index in [1.165, 1.54) is 12.8 Å². The van der Waals surface area contributed by atoms with Crippen molar-refractivity contribution in [2.45, 2.75) is 45.4 Å². The summed E-state index contributed by atoms with van der Waals surface area (Å²) in [4.78, 5) is 13.6. The van der Waals surface area contributed by atoms with Gasteiger partial charge in [0.25, 0.3) is 0 Å². The fraction of sp³-hybridized carbons (Fsp3) is 0.750. The summed E-state index contributed by atoms with van der Waals surface area (Å²) in [5.41, 5.74) is 3.35. The van der Waals surface area contributed by atoms with Gasteiger partial charge in [-0.15, -0.1) is 0 Å². The van der Waals surface area contributed by atoms with E-state index in [0.29, 0.717) is 5.91 Å². The molecule has 1 saturated heterocycles. The average molecular weight is 193 g/mol. The van der Waals surface area contributed by atoms with Crippen LogP contribution in [0, 0.1) is 0 Å². The zero-order chi connectivity index (χ0) is 9.97. The molecular weight excluding hydrogens is 174 g/mol. The molecule has 0 atom stereocenters. The summed E-state index contributed by atoms with van der Waals surface area (Å²) in [5.74, 6) is 0.354. The lowest BCUT2D eigenvalue weighted by atomic mass is 10.0. The van der Waals surface area contributed by atoms with Crippen LogP contribution in [0.5, 0.6) is 0 Å². The smallest absolute Gasteiger partial charge is 0.222 e. The van der Waals surface area contributed by atoms with Crippen LogP contribution >= 0.6 is 0 Å². The molecule has 2 aliphatic rings. The first-order chi connectivity index (χ1) is 6.81. The maximum atomic E-state index is 11.6. The summed E-state index contributed by atoms with van der Waals surface area (Å²) in [7, 11) is 0. The highest BCUT2D eigenvalue weighted by molar-refractivity contribution is 5.76. The van der Waals surface area contributed by atoms with Crippen molar-refractivity contribution >= 4 is 5.91 Å². The summed E-state index contributed by atoms with van der Waals surface area (Å²) < 4.78 is 0. The number of nitrogens with zero attached hydrogens (tertiary/aromatic N) is 1. The van der Waals surface area contributed by atoms with Gasteiger partial charge < -0.3 is 4.90 Å². The van der Waals surface area contributed by atoms with Gasteiger partial charge in [-0.05, 0) is 32.1 Å². The number of allylic oxidation sites excluding steroid dienone is 1. The molecule has 1 heterocycles. The Kier molecular flexibility index (Phi) is 2.90. The lowest BCUT2D eigenvalue weighted by molar-refractivity contribution is -0.131.